The van der Waals surface area contributed by atoms with E-state index in [2.05, 4.69) is 10.0 Å². The van der Waals surface area contributed by atoms with Crippen molar-refractivity contribution in [3.05, 3.63) is 59.2 Å². The van der Waals surface area contributed by atoms with Crippen molar-refractivity contribution in [1.82, 2.24) is 5.32 Å². The van der Waals surface area contributed by atoms with Crippen LogP contribution in [0.4, 0.5) is 5.69 Å². The Balaban J connectivity index is 1.82. The number of nitrogens with one attached hydrogen (secondary N) is 2. The van der Waals surface area contributed by atoms with Gasteiger partial charge in [-0.2, -0.15) is 0 Å². The number of fused-ring (bicyclic) bond motifs is 1. The largest absolute Gasteiger partial charge is 0.507 e. The van der Waals surface area contributed by atoms with E-state index >= 15 is 0 Å². The van der Waals surface area contributed by atoms with E-state index in [9.17, 15) is 18.3 Å². The van der Waals surface area contributed by atoms with Crippen molar-refractivity contribution in [2.24, 2.45) is 0 Å². The van der Waals surface area contributed by atoms with E-state index in [1.165, 1.54) is 23.8 Å². The Bertz CT molecular complexity index is 893. The van der Waals surface area contributed by atoms with Crippen molar-refractivity contribution in [3.63, 3.8) is 0 Å². The molecule has 0 saturated carbocycles. The van der Waals surface area contributed by atoms with Gasteiger partial charge in [-0.25, -0.2) is 8.42 Å². The van der Waals surface area contributed by atoms with Crippen LogP contribution in [0.25, 0.3) is 0 Å². The van der Waals surface area contributed by atoms with Gasteiger partial charge in [-0.1, -0.05) is 24.3 Å². The van der Waals surface area contributed by atoms with Gasteiger partial charge in [0.1, 0.15) is 5.75 Å². The number of hydrogen-bond acceptors (Lipinski definition) is 4. The average molecular weight is 346 g/mol. The molecule has 1 amide bonds. The van der Waals surface area contributed by atoms with Crippen LogP contribution in [-0.2, 0) is 16.4 Å². The van der Waals surface area contributed by atoms with Crippen molar-refractivity contribution in [1.29, 1.82) is 0 Å². The van der Waals surface area contributed by atoms with E-state index in [1.54, 1.807) is 0 Å². The fourth-order valence-corrected chi connectivity index (χ4v) is 3.49. The fraction of sp³-hybridized carbons (Fsp3) is 0.235. The van der Waals surface area contributed by atoms with Gasteiger partial charge >= 0.3 is 0 Å². The molecule has 2 aromatic rings. The maximum absolute atomic E-state index is 12.5. The standard InChI is InChI=1S/C17H18N2O4S/c1-24(22,23)19-12-7-9-16(20)14(10-12)17(21)18-15-8-6-11-4-2-3-5-13(11)15/h2-5,7,9-10,15,19-20H,6,8H2,1H3,(H,18,21)/t15-/m1/s1. The first-order chi connectivity index (χ1) is 11.3. The van der Waals surface area contributed by atoms with Crippen LogP contribution in [0.1, 0.15) is 33.9 Å². The van der Waals surface area contributed by atoms with Gasteiger partial charge in [0.2, 0.25) is 10.0 Å². The van der Waals surface area contributed by atoms with E-state index in [4.69, 9.17) is 0 Å². The van der Waals surface area contributed by atoms with Crippen molar-refractivity contribution >= 4 is 21.6 Å². The summed E-state index contributed by atoms with van der Waals surface area (Å²) in [5.74, 6) is -0.635. The number of rotatable bonds is 4. The number of sulfonamides is 1. The molecule has 0 spiro atoms. The lowest BCUT2D eigenvalue weighted by atomic mass is 10.1. The highest BCUT2D eigenvalue weighted by Gasteiger charge is 2.25. The third kappa shape index (κ3) is 3.51. The first-order valence-electron chi connectivity index (χ1n) is 7.53. The number of phenols is 1. The number of aryl methyl sites for hydroxylation is 1. The highest BCUT2D eigenvalue weighted by atomic mass is 32.2. The summed E-state index contributed by atoms with van der Waals surface area (Å²) in [6.45, 7) is 0. The second-order valence-corrected chi connectivity index (χ2v) is 7.62. The minimum Gasteiger partial charge on any atom is -0.507 e. The van der Waals surface area contributed by atoms with Gasteiger partial charge < -0.3 is 10.4 Å². The first kappa shape index (κ1) is 16.3. The number of anilines is 1. The molecule has 0 bridgehead atoms. The van der Waals surface area contributed by atoms with Crippen LogP contribution in [0, 0.1) is 0 Å². The molecular formula is C17H18N2O4S. The molecule has 24 heavy (non-hydrogen) atoms. The molecule has 0 fully saturated rings. The number of carbonyl (C=O) groups excluding carboxylic acids is 1. The van der Waals surface area contributed by atoms with Crippen LogP contribution in [0.5, 0.6) is 5.75 Å². The summed E-state index contributed by atoms with van der Waals surface area (Å²) < 4.78 is 24.9. The predicted octanol–water partition coefficient (Wildman–Crippen LogP) is 2.18. The molecule has 0 unspecified atom stereocenters. The lowest BCUT2D eigenvalue weighted by Crippen LogP contribution is -2.27. The van der Waals surface area contributed by atoms with E-state index in [1.807, 2.05) is 24.3 Å². The number of hydrogen-bond donors (Lipinski definition) is 3. The number of phenolic OH excluding ortho intramolecular Hbond substituents is 1. The number of benzene rings is 2. The van der Waals surface area contributed by atoms with Gasteiger partial charge in [-0.05, 0) is 42.2 Å². The lowest BCUT2D eigenvalue weighted by Gasteiger charge is -2.15. The molecular weight excluding hydrogens is 328 g/mol. The molecule has 1 atom stereocenters. The molecule has 1 aliphatic rings. The van der Waals surface area contributed by atoms with E-state index < -0.39 is 15.9 Å². The zero-order valence-electron chi connectivity index (χ0n) is 13.1. The summed E-state index contributed by atoms with van der Waals surface area (Å²) in [7, 11) is -3.46. The van der Waals surface area contributed by atoms with Crippen LogP contribution < -0.4 is 10.0 Å². The molecule has 0 saturated heterocycles. The summed E-state index contributed by atoms with van der Waals surface area (Å²) in [5, 5.41) is 12.8. The zero-order chi connectivity index (χ0) is 17.3. The molecule has 7 heteroatoms. The van der Waals surface area contributed by atoms with E-state index in [0.29, 0.717) is 0 Å². The third-order valence-electron chi connectivity index (χ3n) is 3.98. The monoisotopic (exact) mass is 346 g/mol. The van der Waals surface area contributed by atoms with Gasteiger partial charge in [0.05, 0.1) is 17.9 Å². The SMILES string of the molecule is CS(=O)(=O)Nc1ccc(O)c(C(=O)N[C@@H]2CCc3ccccc32)c1. The molecule has 0 aliphatic heterocycles. The number of aromatic hydroxyl groups is 1. The second kappa shape index (κ2) is 6.16. The Kier molecular flexibility index (Phi) is 4.19. The molecule has 3 rings (SSSR count). The van der Waals surface area contributed by atoms with Crippen LogP contribution in [-0.4, -0.2) is 25.7 Å². The van der Waals surface area contributed by atoms with Gasteiger partial charge in [-0.3, -0.25) is 9.52 Å². The molecule has 0 aromatic heterocycles. The van der Waals surface area contributed by atoms with Gasteiger partial charge in [0.15, 0.2) is 0 Å². The Morgan fingerprint density at radius 1 is 1.21 bits per heavy atom. The Hall–Kier alpha value is -2.54. The number of amides is 1. The average Bonchev–Trinajstić information content (AvgIpc) is 2.91. The van der Waals surface area contributed by atoms with Crippen molar-refractivity contribution in [3.8, 4) is 5.75 Å². The Morgan fingerprint density at radius 3 is 2.71 bits per heavy atom. The van der Waals surface area contributed by atoms with Crippen LogP contribution in [0.15, 0.2) is 42.5 Å². The van der Waals surface area contributed by atoms with E-state index in [-0.39, 0.29) is 23.0 Å². The molecule has 0 heterocycles. The molecule has 126 valence electrons. The fourth-order valence-electron chi connectivity index (χ4n) is 2.94. The normalized spacial score (nSPS) is 16.5. The summed E-state index contributed by atoms with van der Waals surface area (Å²) >= 11 is 0. The van der Waals surface area contributed by atoms with Gasteiger partial charge in [0, 0.05) is 5.69 Å². The highest BCUT2D eigenvalue weighted by Crippen LogP contribution is 2.31. The quantitative estimate of drug-likeness (QED) is 0.740. The predicted molar refractivity (Wildman–Crippen MR) is 91.5 cm³/mol. The van der Waals surface area contributed by atoms with Gasteiger partial charge in [0.25, 0.3) is 5.91 Å². The minimum atomic E-state index is -3.46. The summed E-state index contributed by atoms with van der Waals surface area (Å²) in [6, 6.07) is 11.8. The maximum atomic E-state index is 12.5. The minimum absolute atomic E-state index is 0.0352. The van der Waals surface area contributed by atoms with Crippen molar-refractivity contribution < 1.29 is 18.3 Å². The molecule has 3 N–H and O–H groups in total. The van der Waals surface area contributed by atoms with Gasteiger partial charge in [-0.15, -0.1) is 0 Å². The highest BCUT2D eigenvalue weighted by molar-refractivity contribution is 7.92. The maximum Gasteiger partial charge on any atom is 0.255 e. The molecule has 2 aromatic carbocycles. The van der Waals surface area contributed by atoms with Crippen LogP contribution in [0.3, 0.4) is 0 Å². The zero-order valence-corrected chi connectivity index (χ0v) is 13.9. The Morgan fingerprint density at radius 2 is 1.96 bits per heavy atom. The first-order valence-corrected chi connectivity index (χ1v) is 9.42. The van der Waals surface area contributed by atoms with Crippen LogP contribution in [0.2, 0.25) is 0 Å². The summed E-state index contributed by atoms with van der Waals surface area (Å²) in [6.07, 6.45) is 2.71. The summed E-state index contributed by atoms with van der Waals surface area (Å²) in [4.78, 5) is 12.5. The molecule has 1 aliphatic carbocycles. The lowest BCUT2D eigenvalue weighted by molar-refractivity contribution is 0.0934. The van der Waals surface area contributed by atoms with E-state index in [0.717, 1.165) is 24.7 Å². The van der Waals surface area contributed by atoms with Crippen molar-refractivity contribution in [2.75, 3.05) is 11.0 Å². The number of carbonyl (C=O) groups is 1. The Labute approximate surface area is 140 Å². The smallest absolute Gasteiger partial charge is 0.255 e. The second-order valence-electron chi connectivity index (χ2n) is 5.87. The molecule has 6 nitrogen and oxygen atoms in total. The third-order valence-corrected chi connectivity index (χ3v) is 4.59. The summed E-state index contributed by atoms with van der Waals surface area (Å²) in [5.41, 5.74) is 2.55. The van der Waals surface area contributed by atoms with Crippen molar-refractivity contribution in [2.45, 2.75) is 18.9 Å². The molecule has 0 radical (unpaired) electrons. The van der Waals surface area contributed by atoms with Crippen LogP contribution >= 0.6 is 0 Å². The topological polar surface area (TPSA) is 95.5 Å².